The number of aliphatic imine (C=N–C) groups is 1. The summed E-state index contributed by atoms with van der Waals surface area (Å²) >= 11 is 1.52. The van der Waals surface area contributed by atoms with Crippen molar-refractivity contribution in [3.63, 3.8) is 0 Å². The van der Waals surface area contributed by atoms with Gasteiger partial charge >= 0.3 is 0 Å². The molecule has 0 radical (unpaired) electrons. The number of nitrogens with two attached hydrogens (primary N) is 1. The number of guanidine groups is 1. The first kappa shape index (κ1) is 15.4. The summed E-state index contributed by atoms with van der Waals surface area (Å²) in [4.78, 5) is 15.3. The third-order valence-electron chi connectivity index (χ3n) is 3.15. The van der Waals surface area contributed by atoms with Crippen molar-refractivity contribution < 1.29 is 0 Å². The molecule has 0 aliphatic heterocycles. The zero-order valence-electron chi connectivity index (χ0n) is 13.4. The first-order chi connectivity index (χ1) is 11.0. The zero-order valence-corrected chi connectivity index (χ0v) is 14.2. The fourth-order valence-corrected chi connectivity index (χ4v) is 2.99. The molecule has 0 spiro atoms. The summed E-state index contributed by atoms with van der Waals surface area (Å²) < 4.78 is 0. The number of nitrogens with zero attached hydrogens (tertiary/aromatic N) is 4. The molecule has 0 bridgehead atoms. The van der Waals surface area contributed by atoms with Gasteiger partial charge in [-0.3, -0.25) is 9.88 Å². The van der Waals surface area contributed by atoms with E-state index < -0.39 is 0 Å². The minimum atomic E-state index is -0.275. The summed E-state index contributed by atoms with van der Waals surface area (Å²) in [5.74, 6) is 0.420. The largest absolute Gasteiger partial charge is 0.369 e. The lowest BCUT2D eigenvalue weighted by atomic mass is 10.1. The van der Waals surface area contributed by atoms with E-state index in [0.29, 0.717) is 5.96 Å². The van der Waals surface area contributed by atoms with Crippen LogP contribution in [0, 0.1) is 0 Å². The van der Waals surface area contributed by atoms with E-state index in [0.717, 1.165) is 21.7 Å². The number of rotatable bonds is 2. The average molecular weight is 325 g/mol. The highest BCUT2D eigenvalue weighted by molar-refractivity contribution is 7.13. The van der Waals surface area contributed by atoms with Crippen molar-refractivity contribution in [3.8, 4) is 0 Å². The molecule has 3 rings (SSSR count). The van der Waals surface area contributed by atoms with Crippen LogP contribution in [0.15, 0.2) is 53.1 Å². The Morgan fingerprint density at radius 1 is 1.13 bits per heavy atom. The van der Waals surface area contributed by atoms with E-state index in [4.69, 9.17) is 5.73 Å². The lowest BCUT2D eigenvalue weighted by Crippen LogP contribution is -2.36. The average Bonchev–Trinajstić information content (AvgIpc) is 3.00. The lowest BCUT2D eigenvalue weighted by molar-refractivity contribution is 0.582. The van der Waals surface area contributed by atoms with Crippen LogP contribution < -0.4 is 10.6 Å². The molecule has 23 heavy (non-hydrogen) atoms. The number of hydrogen-bond acceptors (Lipinski definition) is 4. The topological polar surface area (TPSA) is 67.4 Å². The Kier molecular flexibility index (Phi) is 4.00. The van der Waals surface area contributed by atoms with Crippen molar-refractivity contribution in [3.05, 3.63) is 48.1 Å². The van der Waals surface area contributed by atoms with Gasteiger partial charge in [0.2, 0.25) is 5.96 Å². The molecule has 0 unspecified atom stereocenters. The van der Waals surface area contributed by atoms with Crippen molar-refractivity contribution in [2.24, 2.45) is 10.7 Å². The molecule has 0 atom stereocenters. The van der Waals surface area contributed by atoms with Gasteiger partial charge < -0.3 is 5.73 Å². The van der Waals surface area contributed by atoms with E-state index >= 15 is 0 Å². The Balaban J connectivity index is 2.21. The number of thiazole rings is 1. The monoisotopic (exact) mass is 325 g/mol. The zero-order chi connectivity index (χ0) is 16.4. The van der Waals surface area contributed by atoms with Crippen molar-refractivity contribution in [1.82, 2.24) is 9.97 Å². The quantitative estimate of drug-likeness (QED) is 0.572. The van der Waals surface area contributed by atoms with Crippen LogP contribution >= 0.6 is 11.3 Å². The maximum atomic E-state index is 6.34. The van der Waals surface area contributed by atoms with E-state index in [-0.39, 0.29) is 5.54 Å². The molecule has 3 aromatic rings. The fraction of sp³-hybridized carbons (Fsp3) is 0.235. The molecule has 0 aliphatic carbocycles. The van der Waals surface area contributed by atoms with E-state index in [9.17, 15) is 0 Å². The van der Waals surface area contributed by atoms with Gasteiger partial charge in [-0.1, -0.05) is 6.07 Å². The summed E-state index contributed by atoms with van der Waals surface area (Å²) in [6.45, 7) is 6.06. The summed E-state index contributed by atoms with van der Waals surface area (Å²) in [6, 6.07) is 9.91. The predicted octanol–water partition coefficient (Wildman–Crippen LogP) is 3.94. The van der Waals surface area contributed by atoms with Gasteiger partial charge in [0.25, 0.3) is 0 Å². The van der Waals surface area contributed by atoms with Gasteiger partial charge in [-0.25, -0.2) is 9.98 Å². The molecule has 2 N–H and O–H groups in total. The van der Waals surface area contributed by atoms with Crippen LogP contribution in [-0.2, 0) is 0 Å². The highest BCUT2D eigenvalue weighted by Crippen LogP contribution is 2.32. The molecular formula is C17H19N5S. The van der Waals surface area contributed by atoms with Gasteiger partial charge in [-0.05, 0) is 45.0 Å². The third kappa shape index (κ3) is 3.32. The minimum Gasteiger partial charge on any atom is -0.369 e. The number of pyridine rings is 1. The second kappa shape index (κ2) is 5.96. The predicted molar refractivity (Wildman–Crippen MR) is 97.4 cm³/mol. The van der Waals surface area contributed by atoms with Gasteiger partial charge in [0.15, 0.2) is 5.13 Å². The molecule has 2 aromatic heterocycles. The SMILES string of the molecule is CC(C)(C)N=C(N)N(c1nccs1)c1cccc2ncccc12. The number of anilines is 2. The van der Waals surface area contributed by atoms with E-state index in [2.05, 4.69) is 15.0 Å². The number of aromatic nitrogens is 2. The van der Waals surface area contributed by atoms with E-state index in [1.54, 1.807) is 12.4 Å². The second-order valence-corrected chi connectivity index (χ2v) is 7.01. The van der Waals surface area contributed by atoms with E-state index in [1.165, 1.54) is 11.3 Å². The van der Waals surface area contributed by atoms with Crippen LogP contribution in [0.5, 0.6) is 0 Å². The molecule has 118 valence electrons. The summed E-state index contributed by atoms with van der Waals surface area (Å²) in [7, 11) is 0. The Morgan fingerprint density at radius 3 is 2.65 bits per heavy atom. The number of hydrogen-bond donors (Lipinski definition) is 1. The normalized spacial score (nSPS) is 12.6. The minimum absolute atomic E-state index is 0.275. The molecule has 6 heteroatoms. The number of benzene rings is 1. The Hall–Kier alpha value is -2.47. The van der Waals surface area contributed by atoms with Gasteiger partial charge in [-0.2, -0.15) is 0 Å². The van der Waals surface area contributed by atoms with Crippen LogP contribution in [0.3, 0.4) is 0 Å². The molecule has 5 nitrogen and oxygen atoms in total. The Bertz CT molecular complexity index is 828. The maximum absolute atomic E-state index is 6.34. The van der Waals surface area contributed by atoms with Crippen LogP contribution in [0.1, 0.15) is 20.8 Å². The highest BCUT2D eigenvalue weighted by atomic mass is 32.1. The Morgan fingerprint density at radius 2 is 1.96 bits per heavy atom. The lowest BCUT2D eigenvalue weighted by Gasteiger charge is -2.25. The smallest absolute Gasteiger partial charge is 0.202 e. The molecule has 1 aromatic carbocycles. The fourth-order valence-electron chi connectivity index (χ4n) is 2.33. The molecular weight excluding hydrogens is 306 g/mol. The summed E-state index contributed by atoms with van der Waals surface area (Å²) in [5.41, 5.74) is 7.90. The van der Waals surface area contributed by atoms with E-state index in [1.807, 2.05) is 61.4 Å². The van der Waals surface area contributed by atoms with Crippen LogP contribution in [0.4, 0.5) is 10.8 Å². The standard InChI is InChI=1S/C17H19N5S/c1-17(2,3)21-15(18)22(16-20-10-11-23-16)14-8-4-7-13-12(14)6-5-9-19-13/h4-11H,1-3H3,(H2,18,21). The van der Waals surface area contributed by atoms with Crippen molar-refractivity contribution in [2.45, 2.75) is 26.3 Å². The highest BCUT2D eigenvalue weighted by Gasteiger charge is 2.20. The summed E-state index contributed by atoms with van der Waals surface area (Å²) in [6.07, 6.45) is 3.55. The van der Waals surface area contributed by atoms with Gasteiger partial charge in [0.1, 0.15) is 0 Å². The molecule has 0 saturated heterocycles. The maximum Gasteiger partial charge on any atom is 0.202 e. The second-order valence-electron chi connectivity index (χ2n) is 6.14. The van der Waals surface area contributed by atoms with Crippen molar-refractivity contribution in [2.75, 3.05) is 4.90 Å². The van der Waals surface area contributed by atoms with Crippen molar-refractivity contribution in [1.29, 1.82) is 0 Å². The molecule has 0 fully saturated rings. The van der Waals surface area contributed by atoms with Crippen LogP contribution in [0.2, 0.25) is 0 Å². The third-order valence-corrected chi connectivity index (χ3v) is 3.91. The van der Waals surface area contributed by atoms with Crippen LogP contribution in [-0.4, -0.2) is 21.5 Å². The van der Waals surface area contributed by atoms with Crippen molar-refractivity contribution >= 4 is 39.0 Å². The van der Waals surface area contributed by atoms with Gasteiger partial charge in [-0.15, -0.1) is 11.3 Å². The van der Waals surface area contributed by atoms with Gasteiger partial charge in [0.05, 0.1) is 16.7 Å². The number of fused-ring (bicyclic) bond motifs is 1. The summed E-state index contributed by atoms with van der Waals surface area (Å²) in [5, 5.41) is 3.72. The Labute approximate surface area is 139 Å². The molecule has 2 heterocycles. The molecule has 0 amide bonds. The first-order valence-corrected chi connectivity index (χ1v) is 8.22. The van der Waals surface area contributed by atoms with Crippen LogP contribution in [0.25, 0.3) is 10.9 Å². The molecule has 0 aliphatic rings. The first-order valence-electron chi connectivity index (χ1n) is 7.34. The molecule has 0 saturated carbocycles. The van der Waals surface area contributed by atoms with Gasteiger partial charge in [0, 0.05) is 23.2 Å².